The molecule has 37 heavy (non-hydrogen) atoms. The minimum Gasteiger partial charge on any atom is -0.511 e. The van der Waals surface area contributed by atoms with Gasteiger partial charge in [-0.3, -0.25) is 9.79 Å². The predicted octanol–water partition coefficient (Wildman–Crippen LogP) is 7.51. The Labute approximate surface area is 214 Å². The van der Waals surface area contributed by atoms with Gasteiger partial charge in [0.2, 0.25) is 0 Å². The average molecular weight is 513 g/mol. The number of allylic oxidation sites excluding steroid dienone is 2. The number of hydrogen-bond donors (Lipinski definition) is 2. The highest BCUT2D eigenvalue weighted by molar-refractivity contribution is 6.24. The number of aliphatic imine (C=N–C) groups is 1. The second-order valence-corrected chi connectivity index (χ2v) is 9.43. The van der Waals surface area contributed by atoms with E-state index in [0.717, 1.165) is 29.7 Å². The van der Waals surface area contributed by atoms with Gasteiger partial charge in [-0.25, -0.2) is 0 Å². The fourth-order valence-electron chi connectivity index (χ4n) is 4.98. The Hall–Kier alpha value is -3.55. The van der Waals surface area contributed by atoms with Crippen LogP contribution in [0.25, 0.3) is 10.9 Å². The monoisotopic (exact) mass is 512 g/mol. The quantitative estimate of drug-likeness (QED) is 0.242. The number of aliphatic hydroxyl groups is 1. The Bertz CT molecular complexity index is 1320. The maximum absolute atomic E-state index is 13.2. The molecule has 1 aromatic heterocycles. The average Bonchev–Trinajstić information content (AvgIpc) is 3.16. The van der Waals surface area contributed by atoms with Crippen LogP contribution in [0.4, 0.5) is 13.2 Å². The van der Waals surface area contributed by atoms with Gasteiger partial charge in [-0.2, -0.15) is 0 Å². The van der Waals surface area contributed by atoms with Gasteiger partial charge in [-0.05, 0) is 61.4 Å². The molecule has 0 aliphatic heterocycles. The summed E-state index contributed by atoms with van der Waals surface area (Å²) in [7, 11) is 0. The third kappa shape index (κ3) is 6.42. The van der Waals surface area contributed by atoms with Crippen molar-refractivity contribution in [2.45, 2.75) is 64.7 Å². The van der Waals surface area contributed by atoms with Gasteiger partial charge >= 0.3 is 6.36 Å². The molecule has 1 saturated carbocycles. The van der Waals surface area contributed by atoms with Crippen LogP contribution in [0.3, 0.4) is 0 Å². The Morgan fingerprint density at radius 2 is 1.92 bits per heavy atom. The molecular formula is C29H31F3N2O3. The van der Waals surface area contributed by atoms with E-state index in [0.29, 0.717) is 54.4 Å². The molecule has 0 bridgehead atoms. The van der Waals surface area contributed by atoms with Crippen molar-refractivity contribution in [2.75, 3.05) is 6.54 Å². The van der Waals surface area contributed by atoms with Gasteiger partial charge in [0.25, 0.3) is 0 Å². The number of alkyl halides is 3. The first kappa shape index (κ1) is 26.5. The summed E-state index contributed by atoms with van der Waals surface area (Å²) in [5.41, 5.74) is 4.37. The number of aliphatic hydroxyl groups excluding tert-OH is 1. The Morgan fingerprint density at radius 1 is 1.16 bits per heavy atom. The summed E-state index contributed by atoms with van der Waals surface area (Å²) in [5, 5.41) is 11.4. The van der Waals surface area contributed by atoms with Crippen molar-refractivity contribution in [3.63, 3.8) is 0 Å². The standard InChI is InChI=1S/C29H31F3N2O3/c1-3-4-10-26(35)28-25(15-20(16-27(28)36)19-8-6-5-7-9-19)33-14-13-22-18(2)34-24-12-11-21(17-23(22)24)37-29(30,31)32/h5-9,11-12,17,20,34-35H,3-4,10,13-16H2,1-2H3/t20-/m0/s1. The number of rotatable bonds is 8. The molecule has 1 aliphatic carbocycles. The van der Waals surface area contributed by atoms with Crippen LogP contribution in [0, 0.1) is 6.92 Å². The largest absolute Gasteiger partial charge is 0.573 e. The van der Waals surface area contributed by atoms with Crippen LogP contribution < -0.4 is 4.74 Å². The van der Waals surface area contributed by atoms with E-state index in [9.17, 15) is 23.1 Å². The first-order chi connectivity index (χ1) is 17.7. The van der Waals surface area contributed by atoms with Crippen LogP contribution >= 0.6 is 0 Å². The Balaban J connectivity index is 1.62. The van der Waals surface area contributed by atoms with Crippen molar-refractivity contribution in [3.8, 4) is 5.75 Å². The zero-order chi connectivity index (χ0) is 26.6. The van der Waals surface area contributed by atoms with Gasteiger partial charge in [0.1, 0.15) is 11.5 Å². The molecule has 0 amide bonds. The number of aromatic nitrogens is 1. The number of nitrogens with one attached hydrogen (secondary N) is 1. The summed E-state index contributed by atoms with van der Waals surface area (Å²) in [6.07, 6.45) is -1.36. The second kappa shape index (κ2) is 11.2. The summed E-state index contributed by atoms with van der Waals surface area (Å²) in [4.78, 5) is 21.1. The molecule has 8 heteroatoms. The molecule has 1 fully saturated rings. The zero-order valence-electron chi connectivity index (χ0n) is 21.0. The molecule has 2 N–H and O–H groups in total. The van der Waals surface area contributed by atoms with Gasteiger partial charge in [0, 0.05) is 41.7 Å². The number of Topliss-reactive ketones (excluding diaryl/α,β-unsaturated/α-hetero) is 1. The molecule has 0 spiro atoms. The molecule has 5 nitrogen and oxygen atoms in total. The van der Waals surface area contributed by atoms with Crippen molar-refractivity contribution in [2.24, 2.45) is 4.99 Å². The maximum Gasteiger partial charge on any atom is 0.573 e. The Kier molecular flexibility index (Phi) is 8.05. The van der Waals surface area contributed by atoms with Gasteiger partial charge < -0.3 is 14.8 Å². The molecule has 3 aromatic rings. The fraction of sp³-hybridized carbons (Fsp3) is 0.379. The summed E-state index contributed by atoms with van der Waals surface area (Å²) in [5.74, 6) is -0.313. The molecule has 0 unspecified atom stereocenters. The van der Waals surface area contributed by atoms with E-state index >= 15 is 0 Å². The predicted molar refractivity (Wildman–Crippen MR) is 138 cm³/mol. The molecule has 0 saturated heterocycles. The van der Waals surface area contributed by atoms with E-state index in [1.807, 2.05) is 44.2 Å². The van der Waals surface area contributed by atoms with E-state index < -0.39 is 6.36 Å². The number of unbranched alkanes of at least 4 members (excludes halogenated alkanes) is 1. The summed E-state index contributed by atoms with van der Waals surface area (Å²) in [6, 6.07) is 14.0. The molecule has 196 valence electrons. The van der Waals surface area contributed by atoms with Crippen LogP contribution in [0.5, 0.6) is 5.75 Å². The van der Waals surface area contributed by atoms with Gasteiger partial charge in [0.05, 0.1) is 5.57 Å². The molecule has 0 radical (unpaired) electrons. The first-order valence-electron chi connectivity index (χ1n) is 12.6. The summed E-state index contributed by atoms with van der Waals surface area (Å²) in [6.45, 7) is 4.22. The zero-order valence-corrected chi connectivity index (χ0v) is 21.0. The third-order valence-electron chi connectivity index (χ3n) is 6.75. The lowest BCUT2D eigenvalue weighted by Crippen LogP contribution is -2.27. The highest BCUT2D eigenvalue weighted by Gasteiger charge is 2.33. The van der Waals surface area contributed by atoms with Gasteiger partial charge in [0.15, 0.2) is 5.78 Å². The van der Waals surface area contributed by atoms with Crippen LogP contribution in [-0.4, -0.2) is 34.5 Å². The van der Waals surface area contributed by atoms with E-state index in [1.165, 1.54) is 12.1 Å². The Morgan fingerprint density at radius 3 is 2.62 bits per heavy atom. The van der Waals surface area contributed by atoms with Crippen LogP contribution in [0.1, 0.15) is 61.8 Å². The smallest absolute Gasteiger partial charge is 0.511 e. The number of carbonyl (C=O) groups is 1. The van der Waals surface area contributed by atoms with Gasteiger partial charge in [-0.1, -0.05) is 43.7 Å². The van der Waals surface area contributed by atoms with Crippen LogP contribution in [-0.2, 0) is 11.2 Å². The maximum atomic E-state index is 13.2. The lowest BCUT2D eigenvalue weighted by Gasteiger charge is -2.26. The van der Waals surface area contributed by atoms with Crippen molar-refractivity contribution in [3.05, 3.63) is 76.7 Å². The molecule has 1 aliphatic rings. The number of nitrogens with zero attached hydrogens (tertiary/aromatic N) is 1. The van der Waals surface area contributed by atoms with E-state index in [2.05, 4.69) is 9.72 Å². The topological polar surface area (TPSA) is 74.7 Å². The van der Waals surface area contributed by atoms with Crippen molar-refractivity contribution < 1.29 is 27.8 Å². The van der Waals surface area contributed by atoms with E-state index in [1.54, 1.807) is 6.07 Å². The third-order valence-corrected chi connectivity index (χ3v) is 6.75. The van der Waals surface area contributed by atoms with Crippen molar-refractivity contribution in [1.82, 2.24) is 4.98 Å². The summed E-state index contributed by atoms with van der Waals surface area (Å²) < 4.78 is 42.3. The number of H-pyrrole nitrogens is 1. The number of fused-ring (bicyclic) bond motifs is 1. The molecule has 2 aromatic carbocycles. The normalized spacial score (nSPS) is 19.0. The molecule has 1 heterocycles. The molecule has 1 atom stereocenters. The lowest BCUT2D eigenvalue weighted by atomic mass is 9.78. The highest BCUT2D eigenvalue weighted by Crippen LogP contribution is 2.34. The number of carbonyl (C=O) groups excluding carboxylic acids is 1. The number of ketones is 1. The van der Waals surface area contributed by atoms with Crippen molar-refractivity contribution >= 4 is 22.4 Å². The number of aromatic amines is 1. The van der Waals surface area contributed by atoms with E-state index in [-0.39, 0.29) is 23.2 Å². The SMILES string of the molecule is CCCCC(O)=C1C(=O)C[C@@H](c2ccccc2)CC1=NCCc1c(C)[nH]c2ccc(OC(F)(F)F)cc12. The number of halogens is 3. The van der Waals surface area contributed by atoms with E-state index in [4.69, 9.17) is 4.99 Å². The van der Waals surface area contributed by atoms with Crippen LogP contribution in [0.15, 0.2) is 64.9 Å². The number of hydrogen-bond acceptors (Lipinski definition) is 4. The molecular weight excluding hydrogens is 481 g/mol. The summed E-state index contributed by atoms with van der Waals surface area (Å²) >= 11 is 0. The number of ether oxygens (including phenoxy) is 1. The first-order valence-corrected chi connectivity index (χ1v) is 12.6. The highest BCUT2D eigenvalue weighted by atomic mass is 19.4. The minimum absolute atomic E-state index is 0.0212. The fourth-order valence-corrected chi connectivity index (χ4v) is 4.98. The van der Waals surface area contributed by atoms with Gasteiger partial charge in [-0.15, -0.1) is 13.2 Å². The number of aryl methyl sites for hydroxylation is 1. The van der Waals surface area contributed by atoms with Crippen LogP contribution in [0.2, 0.25) is 0 Å². The molecule has 4 rings (SSSR count). The number of benzene rings is 2. The second-order valence-electron chi connectivity index (χ2n) is 9.43. The minimum atomic E-state index is -4.77. The lowest BCUT2D eigenvalue weighted by molar-refractivity contribution is -0.274. The van der Waals surface area contributed by atoms with Crippen molar-refractivity contribution in [1.29, 1.82) is 0 Å².